The molecule has 5 nitrogen and oxygen atoms in total. The molecular formula is C19H24N2O3S. The fraction of sp³-hybridized carbons (Fsp3) is 0.474. The van der Waals surface area contributed by atoms with E-state index in [0.29, 0.717) is 24.8 Å². The minimum Gasteiger partial charge on any atom is -0.382 e. The second-order valence-electron chi connectivity index (χ2n) is 6.21. The summed E-state index contributed by atoms with van der Waals surface area (Å²) in [6, 6.07) is 9.98. The van der Waals surface area contributed by atoms with Gasteiger partial charge in [-0.25, -0.2) is 4.98 Å². The zero-order chi connectivity index (χ0) is 17.5. The summed E-state index contributed by atoms with van der Waals surface area (Å²) in [7, 11) is 1.68. The number of amides is 1. The van der Waals surface area contributed by atoms with Crippen molar-refractivity contribution in [3.63, 3.8) is 0 Å². The van der Waals surface area contributed by atoms with E-state index in [2.05, 4.69) is 4.98 Å². The monoisotopic (exact) mass is 360 g/mol. The highest BCUT2D eigenvalue weighted by Gasteiger charge is 2.25. The van der Waals surface area contributed by atoms with Gasteiger partial charge in [0, 0.05) is 37.7 Å². The predicted molar refractivity (Wildman–Crippen MR) is 98.9 cm³/mol. The number of aromatic nitrogens is 1. The molecule has 134 valence electrons. The molecule has 0 atom stereocenters. The van der Waals surface area contributed by atoms with E-state index in [4.69, 9.17) is 9.47 Å². The summed E-state index contributed by atoms with van der Waals surface area (Å²) in [5, 5.41) is 2.76. The lowest BCUT2D eigenvalue weighted by Gasteiger charge is -2.31. The number of methoxy groups -OCH3 is 1. The molecule has 25 heavy (non-hydrogen) atoms. The molecule has 1 aromatic carbocycles. The molecule has 0 bridgehead atoms. The first-order valence-electron chi connectivity index (χ1n) is 8.65. The Bertz CT molecular complexity index is 666. The Hall–Kier alpha value is -1.76. The number of hydrogen-bond acceptors (Lipinski definition) is 5. The molecule has 0 saturated carbocycles. The molecule has 6 heteroatoms. The van der Waals surface area contributed by atoms with Crippen LogP contribution in [0.1, 0.15) is 23.3 Å². The highest BCUT2D eigenvalue weighted by molar-refractivity contribution is 7.13. The van der Waals surface area contributed by atoms with Crippen molar-refractivity contribution in [3.05, 3.63) is 41.4 Å². The van der Waals surface area contributed by atoms with Crippen LogP contribution in [-0.2, 0) is 9.47 Å². The van der Waals surface area contributed by atoms with Crippen molar-refractivity contribution in [1.82, 2.24) is 9.88 Å². The number of piperidine rings is 1. The quantitative estimate of drug-likeness (QED) is 0.711. The molecule has 1 aromatic heterocycles. The van der Waals surface area contributed by atoms with E-state index in [1.54, 1.807) is 7.11 Å². The minimum absolute atomic E-state index is 0.0391. The number of hydrogen-bond donors (Lipinski definition) is 0. The lowest BCUT2D eigenvalue weighted by atomic mass is 9.97. The number of benzene rings is 1. The molecule has 1 fully saturated rings. The lowest BCUT2D eigenvalue weighted by molar-refractivity contribution is 0.0326. The predicted octanol–water partition coefficient (Wildman–Crippen LogP) is 3.33. The minimum atomic E-state index is 0.0391. The molecule has 2 aromatic rings. The molecule has 0 N–H and O–H groups in total. The summed E-state index contributed by atoms with van der Waals surface area (Å²) >= 11 is 1.52. The molecule has 0 unspecified atom stereocenters. The zero-order valence-electron chi connectivity index (χ0n) is 14.5. The largest absolute Gasteiger partial charge is 0.382 e. The standard InChI is InChI=1S/C19H24N2O3S/c1-23-11-12-24-13-15-7-9-21(10-8-15)19(22)17-14-25-18(20-17)16-5-3-2-4-6-16/h2-6,14-15H,7-13H2,1H3. The van der Waals surface area contributed by atoms with Crippen LogP contribution in [0.5, 0.6) is 0 Å². The Morgan fingerprint density at radius 1 is 1.24 bits per heavy atom. The lowest BCUT2D eigenvalue weighted by Crippen LogP contribution is -2.39. The van der Waals surface area contributed by atoms with Gasteiger partial charge in [-0.3, -0.25) is 4.79 Å². The van der Waals surface area contributed by atoms with Crippen LogP contribution in [0.4, 0.5) is 0 Å². The fourth-order valence-corrected chi connectivity index (χ4v) is 3.74. The summed E-state index contributed by atoms with van der Waals surface area (Å²) in [6.45, 7) is 3.56. The van der Waals surface area contributed by atoms with Crippen LogP contribution in [-0.4, -0.2) is 55.8 Å². The highest BCUT2D eigenvalue weighted by Crippen LogP contribution is 2.25. The first kappa shape index (κ1) is 18.0. The Morgan fingerprint density at radius 2 is 2.00 bits per heavy atom. The van der Waals surface area contributed by atoms with Crippen molar-refractivity contribution < 1.29 is 14.3 Å². The summed E-state index contributed by atoms with van der Waals surface area (Å²) in [4.78, 5) is 19.1. The van der Waals surface area contributed by atoms with Gasteiger partial charge in [0.25, 0.3) is 5.91 Å². The van der Waals surface area contributed by atoms with Crippen LogP contribution in [0.3, 0.4) is 0 Å². The molecule has 0 aliphatic carbocycles. The third kappa shape index (κ3) is 4.87. The summed E-state index contributed by atoms with van der Waals surface area (Å²) in [6.07, 6.45) is 1.96. The van der Waals surface area contributed by atoms with Crippen molar-refractivity contribution in [1.29, 1.82) is 0 Å². The number of nitrogens with zero attached hydrogens (tertiary/aromatic N) is 2. The van der Waals surface area contributed by atoms with Crippen LogP contribution in [0, 0.1) is 5.92 Å². The van der Waals surface area contributed by atoms with E-state index < -0.39 is 0 Å². The van der Waals surface area contributed by atoms with E-state index in [-0.39, 0.29) is 5.91 Å². The van der Waals surface area contributed by atoms with E-state index in [0.717, 1.165) is 43.1 Å². The number of thiazole rings is 1. The van der Waals surface area contributed by atoms with Crippen LogP contribution >= 0.6 is 11.3 Å². The third-order valence-electron chi connectivity index (χ3n) is 4.43. The Kier molecular flexibility index (Phi) is 6.55. The molecule has 3 rings (SSSR count). The van der Waals surface area contributed by atoms with Gasteiger partial charge in [0.05, 0.1) is 13.2 Å². The maximum absolute atomic E-state index is 12.7. The molecule has 1 aliphatic heterocycles. The first-order chi connectivity index (χ1) is 12.3. The Morgan fingerprint density at radius 3 is 2.72 bits per heavy atom. The Balaban J connectivity index is 1.50. The molecule has 1 saturated heterocycles. The summed E-state index contributed by atoms with van der Waals surface area (Å²) in [5.74, 6) is 0.563. The molecular weight excluding hydrogens is 336 g/mol. The van der Waals surface area contributed by atoms with Crippen molar-refractivity contribution in [3.8, 4) is 10.6 Å². The molecule has 2 heterocycles. The van der Waals surface area contributed by atoms with Gasteiger partial charge in [-0.05, 0) is 18.8 Å². The van der Waals surface area contributed by atoms with Crippen molar-refractivity contribution in [2.24, 2.45) is 5.92 Å². The number of carbonyl (C=O) groups excluding carboxylic acids is 1. The van der Waals surface area contributed by atoms with Crippen LogP contribution in [0.2, 0.25) is 0 Å². The SMILES string of the molecule is COCCOCC1CCN(C(=O)c2csc(-c3ccccc3)n2)CC1. The summed E-state index contributed by atoms with van der Waals surface area (Å²) < 4.78 is 10.6. The van der Waals surface area contributed by atoms with Gasteiger partial charge >= 0.3 is 0 Å². The van der Waals surface area contributed by atoms with Gasteiger partial charge < -0.3 is 14.4 Å². The molecule has 1 amide bonds. The van der Waals surface area contributed by atoms with Gasteiger partial charge in [0.2, 0.25) is 0 Å². The second kappa shape index (κ2) is 9.08. The molecule has 0 spiro atoms. The number of carbonyl (C=O) groups is 1. The maximum atomic E-state index is 12.7. The van der Waals surface area contributed by atoms with Crippen LogP contribution in [0.25, 0.3) is 10.6 Å². The van der Waals surface area contributed by atoms with Crippen molar-refractivity contribution in [2.75, 3.05) is 40.0 Å². The highest BCUT2D eigenvalue weighted by atomic mass is 32.1. The maximum Gasteiger partial charge on any atom is 0.273 e. The molecule has 0 radical (unpaired) electrons. The van der Waals surface area contributed by atoms with E-state index in [9.17, 15) is 4.79 Å². The number of ether oxygens (including phenoxy) is 2. The van der Waals surface area contributed by atoms with E-state index >= 15 is 0 Å². The van der Waals surface area contributed by atoms with Crippen LogP contribution < -0.4 is 0 Å². The van der Waals surface area contributed by atoms with Gasteiger partial charge in [0.15, 0.2) is 0 Å². The first-order valence-corrected chi connectivity index (χ1v) is 9.53. The van der Waals surface area contributed by atoms with Crippen molar-refractivity contribution in [2.45, 2.75) is 12.8 Å². The smallest absolute Gasteiger partial charge is 0.273 e. The number of likely N-dealkylation sites (tertiary alicyclic amines) is 1. The normalized spacial score (nSPS) is 15.5. The van der Waals surface area contributed by atoms with Crippen molar-refractivity contribution >= 4 is 17.2 Å². The van der Waals surface area contributed by atoms with E-state index in [1.807, 2.05) is 40.6 Å². The topological polar surface area (TPSA) is 51.7 Å². The second-order valence-corrected chi connectivity index (χ2v) is 7.07. The van der Waals surface area contributed by atoms with Gasteiger partial charge in [0.1, 0.15) is 10.7 Å². The molecule has 1 aliphatic rings. The van der Waals surface area contributed by atoms with Crippen LogP contribution in [0.15, 0.2) is 35.7 Å². The van der Waals surface area contributed by atoms with Gasteiger partial charge in [-0.1, -0.05) is 30.3 Å². The average Bonchev–Trinajstić information content (AvgIpc) is 3.16. The Labute approximate surface area is 152 Å². The average molecular weight is 360 g/mol. The fourth-order valence-electron chi connectivity index (χ4n) is 2.94. The van der Waals surface area contributed by atoms with E-state index in [1.165, 1.54) is 11.3 Å². The third-order valence-corrected chi connectivity index (χ3v) is 5.32. The number of rotatable bonds is 7. The summed E-state index contributed by atoms with van der Waals surface area (Å²) in [5.41, 5.74) is 1.61. The van der Waals surface area contributed by atoms with Gasteiger partial charge in [-0.2, -0.15) is 0 Å². The zero-order valence-corrected chi connectivity index (χ0v) is 15.3. The van der Waals surface area contributed by atoms with Gasteiger partial charge in [-0.15, -0.1) is 11.3 Å².